The molecular weight excluding hydrogens is 302 g/mol. The smallest absolute Gasteiger partial charge is 0.231 e. The predicted octanol–water partition coefficient (Wildman–Crippen LogP) is 3.32. The molecule has 2 aliphatic rings. The van der Waals surface area contributed by atoms with E-state index < -0.39 is 0 Å². The van der Waals surface area contributed by atoms with Gasteiger partial charge in [-0.25, -0.2) is 0 Å². The van der Waals surface area contributed by atoms with Gasteiger partial charge in [0.1, 0.15) is 0 Å². The summed E-state index contributed by atoms with van der Waals surface area (Å²) in [4.78, 5) is 7.11. The van der Waals surface area contributed by atoms with Crippen LogP contribution in [-0.4, -0.2) is 37.9 Å². The quantitative estimate of drug-likeness (QED) is 0.861. The molecule has 2 aromatic rings. The van der Waals surface area contributed by atoms with Gasteiger partial charge in [0, 0.05) is 37.4 Å². The van der Waals surface area contributed by atoms with Crippen LogP contribution < -0.4 is 0 Å². The Morgan fingerprint density at radius 3 is 2.75 bits per heavy atom. The van der Waals surface area contributed by atoms with E-state index in [1.54, 1.807) is 0 Å². The van der Waals surface area contributed by atoms with Crippen LogP contribution in [0.15, 0.2) is 16.9 Å². The molecule has 0 aromatic carbocycles. The molecule has 0 radical (unpaired) electrons. The molecule has 1 atom stereocenters. The molecule has 6 nitrogen and oxygen atoms in total. The summed E-state index contributed by atoms with van der Waals surface area (Å²) in [6, 6.07) is 0.410. The number of likely N-dealkylation sites (tertiary alicyclic amines) is 1. The summed E-state index contributed by atoms with van der Waals surface area (Å²) in [5.41, 5.74) is 1.62. The Balaban J connectivity index is 1.53. The number of nitrogens with zero attached hydrogens (tertiary/aromatic N) is 5. The lowest BCUT2D eigenvalue weighted by molar-refractivity contribution is 0.227. The van der Waals surface area contributed by atoms with Crippen molar-refractivity contribution in [2.24, 2.45) is 5.41 Å². The molecule has 6 heteroatoms. The average Bonchev–Trinajstić information content (AvgIpc) is 3.29. The van der Waals surface area contributed by atoms with Gasteiger partial charge in [0.15, 0.2) is 5.82 Å². The first-order valence-corrected chi connectivity index (χ1v) is 9.11. The van der Waals surface area contributed by atoms with E-state index in [2.05, 4.69) is 40.2 Å². The van der Waals surface area contributed by atoms with Gasteiger partial charge in [-0.1, -0.05) is 18.0 Å². The second kappa shape index (κ2) is 5.99. The Morgan fingerprint density at radius 1 is 1.33 bits per heavy atom. The maximum atomic E-state index is 5.56. The molecule has 3 heterocycles. The number of hydrogen-bond acceptors (Lipinski definition) is 5. The molecule has 0 N–H and O–H groups in total. The van der Waals surface area contributed by atoms with Crippen molar-refractivity contribution >= 4 is 0 Å². The molecule has 1 aliphatic carbocycles. The van der Waals surface area contributed by atoms with Gasteiger partial charge in [0.25, 0.3) is 0 Å². The number of aryl methyl sites for hydroxylation is 1. The fourth-order valence-electron chi connectivity index (χ4n) is 4.57. The largest absolute Gasteiger partial charge is 0.339 e. The van der Waals surface area contributed by atoms with E-state index >= 15 is 0 Å². The molecule has 4 rings (SSSR count). The Labute approximate surface area is 143 Å². The average molecular weight is 329 g/mol. The summed E-state index contributed by atoms with van der Waals surface area (Å²) in [5, 5.41) is 8.51. The lowest BCUT2D eigenvalue weighted by Crippen LogP contribution is -2.26. The van der Waals surface area contributed by atoms with Crippen molar-refractivity contribution in [3.8, 4) is 0 Å². The summed E-state index contributed by atoms with van der Waals surface area (Å²) in [5.74, 6) is 1.96. The monoisotopic (exact) mass is 329 g/mol. The first-order valence-electron chi connectivity index (χ1n) is 9.11. The number of hydrogen-bond donors (Lipinski definition) is 0. The highest BCUT2D eigenvalue weighted by molar-refractivity contribution is 5.13. The molecule has 130 valence electrons. The van der Waals surface area contributed by atoms with Crippen LogP contribution in [0, 0.1) is 12.3 Å². The zero-order chi connectivity index (χ0) is 16.7. The zero-order valence-corrected chi connectivity index (χ0v) is 14.9. The Hall–Kier alpha value is -1.69. The topological polar surface area (TPSA) is 60.0 Å². The predicted molar refractivity (Wildman–Crippen MR) is 90.6 cm³/mol. The molecule has 24 heavy (non-hydrogen) atoms. The summed E-state index contributed by atoms with van der Waals surface area (Å²) in [6.07, 6.45) is 9.38. The van der Waals surface area contributed by atoms with Gasteiger partial charge < -0.3 is 4.52 Å². The number of aromatic nitrogens is 4. The minimum Gasteiger partial charge on any atom is -0.339 e. The standard InChI is InChI=1S/C18H27N5O/c1-13(2)23-10-15(8-19-23)9-22-11-16(17-20-14(3)21-24-17)18(12-22)6-4-5-7-18/h8,10,13,16H,4-7,9,11-12H2,1-3H3. The second-order valence-electron chi connectivity index (χ2n) is 7.89. The van der Waals surface area contributed by atoms with Gasteiger partial charge in [0.05, 0.1) is 12.1 Å². The van der Waals surface area contributed by atoms with Crippen LogP contribution in [-0.2, 0) is 6.54 Å². The van der Waals surface area contributed by atoms with Crippen LogP contribution in [0.25, 0.3) is 0 Å². The Bertz CT molecular complexity index is 698. The van der Waals surface area contributed by atoms with Gasteiger partial charge >= 0.3 is 0 Å². The van der Waals surface area contributed by atoms with Gasteiger partial charge in [-0.2, -0.15) is 10.1 Å². The second-order valence-corrected chi connectivity index (χ2v) is 7.89. The van der Waals surface area contributed by atoms with Crippen molar-refractivity contribution < 1.29 is 4.52 Å². The SMILES string of the molecule is Cc1noc(C2CN(Cc3cnn(C(C)C)c3)CC23CCCC3)n1. The van der Waals surface area contributed by atoms with E-state index in [0.717, 1.165) is 31.3 Å². The van der Waals surface area contributed by atoms with Crippen LogP contribution >= 0.6 is 0 Å². The Morgan fingerprint density at radius 2 is 2.12 bits per heavy atom. The van der Waals surface area contributed by atoms with E-state index in [9.17, 15) is 0 Å². The fourth-order valence-corrected chi connectivity index (χ4v) is 4.57. The van der Waals surface area contributed by atoms with E-state index in [-0.39, 0.29) is 0 Å². The van der Waals surface area contributed by atoms with Crippen LogP contribution in [0.1, 0.15) is 68.8 Å². The molecule has 1 saturated carbocycles. The molecule has 1 unspecified atom stereocenters. The van der Waals surface area contributed by atoms with Gasteiger partial charge in [-0.15, -0.1) is 0 Å². The molecule has 2 fully saturated rings. The van der Waals surface area contributed by atoms with E-state index in [1.165, 1.54) is 31.2 Å². The van der Waals surface area contributed by atoms with Crippen molar-refractivity contribution in [2.75, 3.05) is 13.1 Å². The highest BCUT2D eigenvalue weighted by Gasteiger charge is 2.50. The van der Waals surface area contributed by atoms with Crippen molar-refractivity contribution in [3.63, 3.8) is 0 Å². The van der Waals surface area contributed by atoms with Crippen LogP contribution in [0.4, 0.5) is 0 Å². The van der Waals surface area contributed by atoms with Gasteiger partial charge in [-0.05, 0) is 39.0 Å². The van der Waals surface area contributed by atoms with Gasteiger partial charge in [-0.3, -0.25) is 9.58 Å². The molecule has 0 amide bonds. The van der Waals surface area contributed by atoms with Crippen molar-refractivity contribution in [2.45, 2.75) is 65.0 Å². The van der Waals surface area contributed by atoms with Crippen LogP contribution in [0.5, 0.6) is 0 Å². The van der Waals surface area contributed by atoms with E-state index in [0.29, 0.717) is 17.4 Å². The molecule has 1 saturated heterocycles. The molecule has 0 bridgehead atoms. The highest BCUT2D eigenvalue weighted by atomic mass is 16.5. The highest BCUT2D eigenvalue weighted by Crippen LogP contribution is 2.53. The molecule has 1 spiro atoms. The lowest BCUT2D eigenvalue weighted by atomic mass is 9.76. The maximum absolute atomic E-state index is 5.56. The minimum atomic E-state index is 0.326. The van der Waals surface area contributed by atoms with E-state index in [4.69, 9.17) is 4.52 Å². The third-order valence-corrected chi connectivity index (χ3v) is 5.75. The fraction of sp³-hybridized carbons (Fsp3) is 0.722. The third-order valence-electron chi connectivity index (χ3n) is 5.75. The first kappa shape index (κ1) is 15.8. The summed E-state index contributed by atoms with van der Waals surface area (Å²) in [7, 11) is 0. The summed E-state index contributed by atoms with van der Waals surface area (Å²) >= 11 is 0. The van der Waals surface area contributed by atoms with Crippen LogP contribution in [0.2, 0.25) is 0 Å². The summed E-state index contributed by atoms with van der Waals surface area (Å²) < 4.78 is 7.60. The Kier molecular flexibility index (Phi) is 3.95. The maximum Gasteiger partial charge on any atom is 0.231 e. The van der Waals surface area contributed by atoms with Crippen molar-refractivity contribution in [3.05, 3.63) is 29.7 Å². The van der Waals surface area contributed by atoms with Crippen molar-refractivity contribution in [1.29, 1.82) is 0 Å². The lowest BCUT2D eigenvalue weighted by Gasteiger charge is -2.27. The molecule has 1 aliphatic heterocycles. The number of rotatable bonds is 4. The molecular formula is C18H27N5O. The third kappa shape index (κ3) is 2.77. The minimum absolute atomic E-state index is 0.326. The molecule has 2 aromatic heterocycles. The first-order chi connectivity index (χ1) is 11.6. The normalized spacial score (nSPS) is 23.8. The zero-order valence-electron chi connectivity index (χ0n) is 14.9. The summed E-state index contributed by atoms with van der Waals surface area (Å²) in [6.45, 7) is 9.32. The van der Waals surface area contributed by atoms with Gasteiger partial charge in [0.2, 0.25) is 5.89 Å². The van der Waals surface area contributed by atoms with Crippen molar-refractivity contribution in [1.82, 2.24) is 24.8 Å². The van der Waals surface area contributed by atoms with Crippen LogP contribution in [0.3, 0.4) is 0 Å². The van der Waals surface area contributed by atoms with E-state index in [1.807, 2.05) is 17.8 Å².